The third kappa shape index (κ3) is 6.02. The van der Waals surface area contributed by atoms with Crippen LogP contribution in [-0.4, -0.2) is 37.1 Å². The molecular weight excluding hydrogens is 330 g/mol. The summed E-state index contributed by atoms with van der Waals surface area (Å²) in [6.07, 6.45) is 3.94. The van der Waals surface area contributed by atoms with Crippen LogP contribution in [0.5, 0.6) is 0 Å². The zero-order chi connectivity index (χ0) is 19.1. The van der Waals surface area contributed by atoms with Crippen LogP contribution >= 0.6 is 0 Å². The molecule has 1 aromatic rings. The molecule has 0 radical (unpaired) electrons. The van der Waals surface area contributed by atoms with Crippen LogP contribution in [0, 0.1) is 5.92 Å². The van der Waals surface area contributed by atoms with Gasteiger partial charge < -0.3 is 20.7 Å². The Morgan fingerprint density at radius 2 is 1.73 bits per heavy atom. The van der Waals surface area contributed by atoms with Gasteiger partial charge in [-0.25, -0.2) is 0 Å². The van der Waals surface area contributed by atoms with Crippen LogP contribution in [0.15, 0.2) is 24.3 Å². The van der Waals surface area contributed by atoms with E-state index < -0.39 is 6.10 Å². The Labute approximate surface area is 156 Å². The molecule has 0 saturated heterocycles. The molecule has 6 heteroatoms. The summed E-state index contributed by atoms with van der Waals surface area (Å²) < 4.78 is 5.01. The molecule has 2 atom stereocenters. The van der Waals surface area contributed by atoms with E-state index in [1.165, 1.54) is 20.0 Å². The zero-order valence-electron chi connectivity index (χ0n) is 16.2. The van der Waals surface area contributed by atoms with Crippen LogP contribution in [-0.2, 0) is 14.3 Å². The zero-order valence-corrected chi connectivity index (χ0v) is 16.2. The van der Waals surface area contributed by atoms with Gasteiger partial charge in [0.15, 0.2) is 0 Å². The smallest absolute Gasteiger partial charge is 0.253 e. The van der Waals surface area contributed by atoms with E-state index in [9.17, 15) is 9.59 Å². The number of ether oxygens (including phenoxy) is 1. The number of carbonyl (C=O) groups is 2. The molecule has 0 spiro atoms. The number of hydrogen-bond donors (Lipinski definition) is 3. The fourth-order valence-corrected chi connectivity index (χ4v) is 3.08. The molecule has 2 rings (SSSR count). The fraction of sp³-hybridized carbons (Fsp3) is 0.600. The average Bonchev–Trinajstić information content (AvgIpc) is 2.63. The molecule has 1 fully saturated rings. The summed E-state index contributed by atoms with van der Waals surface area (Å²) in [5.74, 6) is 0.562. The van der Waals surface area contributed by atoms with Crippen molar-refractivity contribution in [3.8, 4) is 0 Å². The van der Waals surface area contributed by atoms with Crippen LogP contribution in [0.4, 0.5) is 11.4 Å². The second-order valence-electron chi connectivity index (χ2n) is 7.28. The monoisotopic (exact) mass is 361 g/mol. The Balaban J connectivity index is 1.88. The Bertz CT molecular complexity index is 612. The fourth-order valence-electron chi connectivity index (χ4n) is 3.08. The number of methoxy groups -OCH3 is 1. The second kappa shape index (κ2) is 9.57. The van der Waals surface area contributed by atoms with Crippen molar-refractivity contribution in [2.24, 2.45) is 5.92 Å². The molecule has 3 N–H and O–H groups in total. The summed E-state index contributed by atoms with van der Waals surface area (Å²) in [4.78, 5) is 24.3. The lowest BCUT2D eigenvalue weighted by Crippen LogP contribution is -2.44. The Morgan fingerprint density at radius 3 is 2.38 bits per heavy atom. The van der Waals surface area contributed by atoms with Gasteiger partial charge in [-0.3, -0.25) is 9.59 Å². The summed E-state index contributed by atoms with van der Waals surface area (Å²) in [6, 6.07) is 7.26. The predicted octanol–water partition coefficient (Wildman–Crippen LogP) is 3.16. The van der Waals surface area contributed by atoms with Gasteiger partial charge in [0.05, 0.1) is 0 Å². The van der Waals surface area contributed by atoms with Crippen molar-refractivity contribution in [3.05, 3.63) is 24.3 Å². The molecule has 2 amide bonds. The lowest BCUT2D eigenvalue weighted by Gasteiger charge is -2.28. The van der Waals surface area contributed by atoms with Crippen LogP contribution in [0.25, 0.3) is 0 Å². The minimum atomic E-state index is -0.519. The number of benzene rings is 1. The largest absolute Gasteiger partial charge is 0.374 e. The van der Waals surface area contributed by atoms with E-state index in [-0.39, 0.29) is 23.9 Å². The first-order valence-corrected chi connectivity index (χ1v) is 9.39. The van der Waals surface area contributed by atoms with Crippen LogP contribution < -0.4 is 16.0 Å². The highest BCUT2D eigenvalue weighted by atomic mass is 16.5. The van der Waals surface area contributed by atoms with Gasteiger partial charge in [0.25, 0.3) is 5.91 Å². The Kier molecular flexibility index (Phi) is 7.45. The van der Waals surface area contributed by atoms with Gasteiger partial charge in [-0.15, -0.1) is 0 Å². The molecule has 0 aliphatic heterocycles. The van der Waals surface area contributed by atoms with Gasteiger partial charge in [-0.1, -0.05) is 13.0 Å². The summed E-state index contributed by atoms with van der Waals surface area (Å²) in [5, 5.41) is 9.14. The molecule has 1 aromatic carbocycles. The van der Waals surface area contributed by atoms with E-state index in [1.54, 1.807) is 13.0 Å². The minimum Gasteiger partial charge on any atom is -0.374 e. The maximum absolute atomic E-state index is 12.4. The van der Waals surface area contributed by atoms with Crippen molar-refractivity contribution in [3.63, 3.8) is 0 Å². The van der Waals surface area contributed by atoms with E-state index >= 15 is 0 Å². The van der Waals surface area contributed by atoms with Gasteiger partial charge >= 0.3 is 0 Å². The quantitative estimate of drug-likeness (QED) is 0.697. The summed E-state index contributed by atoms with van der Waals surface area (Å²) in [6.45, 7) is 5.80. The summed E-state index contributed by atoms with van der Waals surface area (Å²) >= 11 is 0. The Morgan fingerprint density at radius 1 is 1.08 bits per heavy atom. The molecule has 0 bridgehead atoms. The standard InChI is InChI=1S/C20H31N3O3/c1-13-8-10-16(11-9-13)22-19(24)14(2)21-17-6-5-7-18(12-17)23-20(25)15(3)26-4/h5-7,12-16,21H,8-11H2,1-4H3,(H,22,24)(H,23,25). The molecule has 1 aliphatic carbocycles. The van der Waals surface area contributed by atoms with E-state index in [0.29, 0.717) is 5.69 Å². The summed E-state index contributed by atoms with van der Waals surface area (Å²) in [7, 11) is 1.50. The molecule has 0 heterocycles. The van der Waals surface area contributed by atoms with E-state index in [4.69, 9.17) is 4.74 Å². The third-order valence-electron chi connectivity index (χ3n) is 4.99. The molecule has 2 unspecified atom stereocenters. The third-order valence-corrected chi connectivity index (χ3v) is 4.99. The predicted molar refractivity (Wildman–Crippen MR) is 104 cm³/mol. The molecular formula is C20H31N3O3. The first-order chi connectivity index (χ1) is 12.4. The Hall–Kier alpha value is -2.08. The van der Waals surface area contributed by atoms with Crippen molar-refractivity contribution in [2.75, 3.05) is 17.7 Å². The van der Waals surface area contributed by atoms with Crippen LogP contribution in [0.2, 0.25) is 0 Å². The highest BCUT2D eigenvalue weighted by molar-refractivity contribution is 5.94. The second-order valence-corrected chi connectivity index (χ2v) is 7.28. The number of anilines is 2. The maximum atomic E-state index is 12.4. The molecule has 144 valence electrons. The average molecular weight is 361 g/mol. The SMILES string of the molecule is COC(C)C(=O)Nc1cccc(NC(C)C(=O)NC2CCC(C)CC2)c1. The lowest BCUT2D eigenvalue weighted by molar-refractivity contribution is -0.124. The molecule has 1 saturated carbocycles. The molecule has 0 aromatic heterocycles. The summed E-state index contributed by atoms with van der Waals surface area (Å²) in [5.41, 5.74) is 1.45. The molecule has 26 heavy (non-hydrogen) atoms. The first-order valence-electron chi connectivity index (χ1n) is 9.39. The topological polar surface area (TPSA) is 79.5 Å². The first kappa shape index (κ1) is 20.2. The van der Waals surface area contributed by atoms with Crippen LogP contribution in [0.3, 0.4) is 0 Å². The van der Waals surface area contributed by atoms with E-state index in [2.05, 4.69) is 22.9 Å². The van der Waals surface area contributed by atoms with Crippen molar-refractivity contribution < 1.29 is 14.3 Å². The van der Waals surface area contributed by atoms with Crippen molar-refractivity contribution in [1.82, 2.24) is 5.32 Å². The highest BCUT2D eigenvalue weighted by Gasteiger charge is 2.22. The normalized spacial score (nSPS) is 22.2. The lowest BCUT2D eigenvalue weighted by atomic mass is 9.87. The van der Waals surface area contributed by atoms with Crippen molar-refractivity contribution in [1.29, 1.82) is 0 Å². The molecule has 6 nitrogen and oxygen atoms in total. The van der Waals surface area contributed by atoms with Gasteiger partial charge in [0, 0.05) is 24.5 Å². The minimum absolute atomic E-state index is 0.00648. The maximum Gasteiger partial charge on any atom is 0.253 e. The number of nitrogens with one attached hydrogen (secondary N) is 3. The van der Waals surface area contributed by atoms with Gasteiger partial charge in [0.2, 0.25) is 5.91 Å². The number of hydrogen-bond acceptors (Lipinski definition) is 4. The number of amides is 2. The van der Waals surface area contributed by atoms with Crippen LogP contribution in [0.1, 0.15) is 46.5 Å². The van der Waals surface area contributed by atoms with Crippen molar-refractivity contribution >= 4 is 23.2 Å². The number of carbonyl (C=O) groups excluding carboxylic acids is 2. The van der Waals surface area contributed by atoms with Crippen molar-refractivity contribution in [2.45, 2.75) is 64.6 Å². The number of rotatable bonds is 7. The van der Waals surface area contributed by atoms with Gasteiger partial charge in [-0.2, -0.15) is 0 Å². The van der Waals surface area contributed by atoms with Gasteiger partial charge in [0.1, 0.15) is 12.1 Å². The van der Waals surface area contributed by atoms with Gasteiger partial charge in [-0.05, 0) is 63.6 Å². The van der Waals surface area contributed by atoms with E-state index in [1.807, 2.05) is 25.1 Å². The highest BCUT2D eigenvalue weighted by Crippen LogP contribution is 2.23. The van der Waals surface area contributed by atoms with E-state index in [0.717, 1.165) is 24.4 Å². The molecule has 1 aliphatic rings.